The van der Waals surface area contributed by atoms with Crippen molar-refractivity contribution in [1.29, 1.82) is 0 Å². The van der Waals surface area contributed by atoms with Crippen molar-refractivity contribution >= 4 is 33.4 Å². The molecule has 0 saturated carbocycles. The second-order valence-corrected chi connectivity index (χ2v) is 9.81. The number of halogens is 1. The summed E-state index contributed by atoms with van der Waals surface area (Å²) in [6.45, 7) is 1.55. The molecule has 0 spiro atoms. The van der Waals surface area contributed by atoms with E-state index >= 15 is 0 Å². The van der Waals surface area contributed by atoms with E-state index in [1.165, 1.54) is 32.3 Å². The van der Waals surface area contributed by atoms with Crippen molar-refractivity contribution < 1.29 is 22.4 Å². The molecule has 3 aromatic carbocycles. The van der Waals surface area contributed by atoms with Crippen LogP contribution in [0.25, 0.3) is 0 Å². The number of hydrogen-bond donors (Lipinski definition) is 2. The molecule has 0 heterocycles. The molecule has 34 heavy (non-hydrogen) atoms. The Bertz CT molecular complexity index is 1330. The van der Waals surface area contributed by atoms with E-state index in [-0.39, 0.29) is 12.2 Å². The number of primary amides is 1. The van der Waals surface area contributed by atoms with Gasteiger partial charge in [0.05, 0.1) is 12.2 Å². The minimum atomic E-state index is -3.99. The van der Waals surface area contributed by atoms with Gasteiger partial charge in [0.2, 0.25) is 5.91 Å². The zero-order valence-corrected chi connectivity index (χ0v) is 19.8. The van der Waals surface area contributed by atoms with Gasteiger partial charge in [-0.05, 0) is 54.4 Å². The van der Waals surface area contributed by atoms with Crippen LogP contribution < -0.4 is 15.4 Å². The Morgan fingerprint density at radius 2 is 1.62 bits per heavy atom. The first-order valence-electron chi connectivity index (χ1n) is 10.3. The molecule has 0 bridgehead atoms. The number of nitrogens with one attached hydrogen (secondary N) is 1. The third kappa shape index (κ3) is 5.24. The molecule has 178 valence electrons. The lowest BCUT2D eigenvalue weighted by atomic mass is 10.1. The number of hydrogen-bond acceptors (Lipinski definition) is 4. The molecule has 0 radical (unpaired) electrons. The van der Waals surface area contributed by atoms with Gasteiger partial charge in [-0.1, -0.05) is 30.3 Å². The molecule has 8 nitrogen and oxygen atoms in total. The van der Waals surface area contributed by atoms with Crippen molar-refractivity contribution in [2.24, 2.45) is 5.73 Å². The Balaban J connectivity index is 1.84. The third-order valence-corrected chi connectivity index (χ3v) is 7.06. The summed E-state index contributed by atoms with van der Waals surface area (Å²) in [4.78, 5) is 24.2. The number of benzene rings is 3. The third-order valence-electron chi connectivity index (χ3n) is 5.25. The van der Waals surface area contributed by atoms with Crippen molar-refractivity contribution in [1.82, 2.24) is 4.31 Å². The minimum absolute atomic E-state index is 0.0807. The van der Waals surface area contributed by atoms with E-state index in [0.29, 0.717) is 27.9 Å². The Morgan fingerprint density at radius 1 is 0.971 bits per heavy atom. The van der Waals surface area contributed by atoms with Crippen LogP contribution in [0.3, 0.4) is 0 Å². The highest BCUT2D eigenvalue weighted by atomic mass is 32.2. The highest BCUT2D eigenvalue weighted by Crippen LogP contribution is 2.26. The number of anilines is 2. The molecule has 0 aliphatic rings. The lowest BCUT2D eigenvalue weighted by Crippen LogP contribution is -2.40. The fourth-order valence-corrected chi connectivity index (χ4v) is 4.41. The number of carbonyl (C=O) groups is 2. The van der Waals surface area contributed by atoms with E-state index < -0.39 is 27.8 Å². The van der Waals surface area contributed by atoms with Gasteiger partial charge < -0.3 is 11.1 Å². The molecular weight excluding hydrogens is 459 g/mol. The Morgan fingerprint density at radius 3 is 2.21 bits per heavy atom. The summed E-state index contributed by atoms with van der Waals surface area (Å²) in [7, 11) is -1.25. The first-order valence-corrected chi connectivity index (χ1v) is 11.7. The predicted octanol–water partition coefficient (Wildman–Crippen LogP) is 3.30. The summed E-state index contributed by atoms with van der Waals surface area (Å²) in [6, 6.07) is 16.7. The van der Waals surface area contributed by atoms with E-state index in [2.05, 4.69) is 5.32 Å². The zero-order chi connectivity index (χ0) is 25.0. The van der Waals surface area contributed by atoms with Gasteiger partial charge in [-0.2, -0.15) is 12.7 Å². The van der Waals surface area contributed by atoms with Crippen molar-refractivity contribution in [3.8, 4) is 0 Å². The molecule has 0 fully saturated rings. The van der Waals surface area contributed by atoms with Crippen molar-refractivity contribution in [3.63, 3.8) is 0 Å². The maximum absolute atomic E-state index is 14.4. The first-order chi connectivity index (χ1) is 16.0. The Kier molecular flexibility index (Phi) is 7.33. The molecule has 0 aromatic heterocycles. The fourth-order valence-electron chi connectivity index (χ4n) is 3.30. The highest BCUT2D eigenvalue weighted by Gasteiger charge is 2.27. The van der Waals surface area contributed by atoms with Gasteiger partial charge in [0.15, 0.2) is 0 Å². The van der Waals surface area contributed by atoms with Crippen molar-refractivity contribution in [2.45, 2.75) is 13.5 Å². The molecule has 3 rings (SSSR count). The van der Waals surface area contributed by atoms with Crippen LogP contribution in [0.1, 0.15) is 31.8 Å². The van der Waals surface area contributed by atoms with Crippen LogP contribution in [0.2, 0.25) is 0 Å². The van der Waals surface area contributed by atoms with Crippen molar-refractivity contribution in [3.05, 3.63) is 94.8 Å². The smallest absolute Gasteiger partial charge is 0.303 e. The van der Waals surface area contributed by atoms with E-state index in [1.807, 2.05) is 0 Å². The summed E-state index contributed by atoms with van der Waals surface area (Å²) in [6.07, 6.45) is 0. The number of nitrogens with two attached hydrogens (primary N) is 1. The normalized spacial score (nSPS) is 11.3. The molecule has 3 aromatic rings. The van der Waals surface area contributed by atoms with E-state index in [4.69, 9.17) is 5.73 Å². The first kappa shape index (κ1) is 24.9. The van der Waals surface area contributed by atoms with E-state index in [9.17, 15) is 22.4 Å². The number of amides is 2. The van der Waals surface area contributed by atoms with Gasteiger partial charge in [0, 0.05) is 30.9 Å². The molecule has 0 unspecified atom stereocenters. The van der Waals surface area contributed by atoms with Gasteiger partial charge in [-0.3, -0.25) is 13.9 Å². The molecule has 0 atom stereocenters. The quantitative estimate of drug-likeness (QED) is 0.511. The predicted molar refractivity (Wildman–Crippen MR) is 129 cm³/mol. The molecular formula is C24H25FN4O4S. The monoisotopic (exact) mass is 484 g/mol. The van der Waals surface area contributed by atoms with Crippen LogP contribution >= 0.6 is 0 Å². The average Bonchev–Trinajstić information content (AvgIpc) is 2.79. The van der Waals surface area contributed by atoms with Crippen LogP contribution in [0.15, 0.2) is 66.7 Å². The SMILES string of the molecule is Cc1c(NC(=O)c2ccc(CN(c3ccccc3F)S(=O)(=O)N(C)C)cc2)cccc1C(N)=O. The molecule has 2 amide bonds. The number of para-hydroxylation sites is 1. The van der Waals surface area contributed by atoms with Crippen LogP contribution in [-0.2, 0) is 16.8 Å². The van der Waals surface area contributed by atoms with Gasteiger partial charge in [-0.25, -0.2) is 4.39 Å². The molecule has 10 heteroatoms. The topological polar surface area (TPSA) is 113 Å². The molecule has 0 aliphatic carbocycles. The number of nitrogens with zero attached hydrogens (tertiary/aromatic N) is 2. The van der Waals surface area contributed by atoms with Crippen LogP contribution in [0.5, 0.6) is 0 Å². The molecule has 3 N–H and O–H groups in total. The maximum Gasteiger partial charge on any atom is 0.303 e. The minimum Gasteiger partial charge on any atom is -0.366 e. The highest BCUT2D eigenvalue weighted by molar-refractivity contribution is 7.90. The fraction of sp³-hybridized carbons (Fsp3) is 0.167. The second kappa shape index (κ2) is 10.0. The van der Waals surface area contributed by atoms with Crippen LogP contribution in [0, 0.1) is 12.7 Å². The van der Waals surface area contributed by atoms with Crippen LogP contribution in [0.4, 0.5) is 15.8 Å². The van der Waals surface area contributed by atoms with Gasteiger partial charge in [0.1, 0.15) is 5.82 Å². The standard InChI is InChI=1S/C24H25FN4O4S/c1-16-19(23(26)30)7-6-9-21(16)27-24(31)18-13-11-17(12-14-18)15-29(34(32,33)28(2)3)22-10-5-4-8-20(22)25/h4-14H,15H2,1-3H3,(H2,26,30)(H,27,31). The van der Waals surface area contributed by atoms with Crippen molar-refractivity contribution in [2.75, 3.05) is 23.7 Å². The lowest BCUT2D eigenvalue weighted by molar-refractivity contribution is 0.0995. The Hall–Kier alpha value is -3.76. The average molecular weight is 485 g/mol. The summed E-state index contributed by atoms with van der Waals surface area (Å²) in [5, 5.41) is 2.75. The van der Waals surface area contributed by atoms with E-state index in [1.54, 1.807) is 55.5 Å². The van der Waals surface area contributed by atoms with Gasteiger partial charge in [0.25, 0.3) is 5.91 Å². The lowest BCUT2D eigenvalue weighted by Gasteiger charge is -2.27. The molecule has 0 aliphatic heterocycles. The maximum atomic E-state index is 14.4. The largest absolute Gasteiger partial charge is 0.366 e. The summed E-state index contributed by atoms with van der Waals surface area (Å²) < 4.78 is 42.1. The molecule has 0 saturated heterocycles. The summed E-state index contributed by atoms with van der Waals surface area (Å²) in [5.74, 6) is -1.68. The van der Waals surface area contributed by atoms with E-state index in [0.717, 1.165) is 8.61 Å². The number of carbonyl (C=O) groups excluding carboxylic acids is 2. The Labute approximate surface area is 198 Å². The zero-order valence-electron chi connectivity index (χ0n) is 18.9. The number of rotatable bonds is 8. The summed E-state index contributed by atoms with van der Waals surface area (Å²) >= 11 is 0. The van der Waals surface area contributed by atoms with Gasteiger partial charge in [-0.15, -0.1) is 0 Å². The van der Waals surface area contributed by atoms with Gasteiger partial charge >= 0.3 is 10.2 Å². The summed E-state index contributed by atoms with van der Waals surface area (Å²) in [5.41, 5.74) is 7.46. The van der Waals surface area contributed by atoms with Crippen LogP contribution in [-0.4, -0.2) is 38.6 Å². The second-order valence-electron chi connectivity index (χ2n) is 7.74.